The van der Waals surface area contributed by atoms with Gasteiger partial charge in [-0.15, -0.1) is 0 Å². The maximum atomic E-state index is 12.7. The average molecular weight is 338 g/mol. The number of benzene rings is 1. The normalized spacial score (nSPS) is 18.6. The SMILES string of the molecule is O=C(Cn1cncn1)N1CCCC[C@@H]1c1ccc(C(F)(F)F)cc1. The summed E-state index contributed by atoms with van der Waals surface area (Å²) in [5.74, 6) is -0.106. The number of rotatable bonds is 3. The first-order valence-electron chi connectivity index (χ1n) is 7.74. The molecule has 1 saturated heterocycles. The molecule has 0 N–H and O–H groups in total. The summed E-state index contributed by atoms with van der Waals surface area (Å²) in [6.45, 7) is 0.677. The van der Waals surface area contributed by atoms with E-state index in [1.165, 1.54) is 29.5 Å². The van der Waals surface area contributed by atoms with E-state index in [0.717, 1.165) is 37.0 Å². The first kappa shape index (κ1) is 16.5. The third-order valence-corrected chi connectivity index (χ3v) is 4.21. The van der Waals surface area contributed by atoms with Crippen LogP contribution in [0.25, 0.3) is 0 Å². The van der Waals surface area contributed by atoms with E-state index < -0.39 is 11.7 Å². The summed E-state index contributed by atoms with van der Waals surface area (Å²) in [7, 11) is 0. The summed E-state index contributed by atoms with van der Waals surface area (Å²) >= 11 is 0. The highest BCUT2D eigenvalue weighted by Gasteiger charge is 2.32. The number of halogens is 3. The molecule has 1 atom stereocenters. The molecule has 1 aromatic heterocycles. The van der Waals surface area contributed by atoms with Crippen molar-refractivity contribution in [2.45, 2.75) is 38.0 Å². The molecule has 0 spiro atoms. The molecule has 0 radical (unpaired) electrons. The number of hydrogen-bond acceptors (Lipinski definition) is 3. The fourth-order valence-electron chi connectivity index (χ4n) is 3.01. The molecule has 1 fully saturated rings. The summed E-state index contributed by atoms with van der Waals surface area (Å²) in [5, 5.41) is 3.92. The van der Waals surface area contributed by atoms with Crippen LogP contribution < -0.4 is 0 Å². The highest BCUT2D eigenvalue weighted by atomic mass is 19.4. The van der Waals surface area contributed by atoms with Crippen LogP contribution in [-0.4, -0.2) is 32.1 Å². The van der Waals surface area contributed by atoms with Gasteiger partial charge in [0.2, 0.25) is 5.91 Å². The Kier molecular flexibility index (Phi) is 4.55. The zero-order valence-electron chi connectivity index (χ0n) is 12.9. The van der Waals surface area contributed by atoms with Crippen molar-refractivity contribution in [2.75, 3.05) is 6.54 Å². The largest absolute Gasteiger partial charge is 0.416 e. The number of nitrogens with zero attached hydrogens (tertiary/aromatic N) is 4. The van der Waals surface area contributed by atoms with Crippen molar-refractivity contribution in [3.63, 3.8) is 0 Å². The van der Waals surface area contributed by atoms with Gasteiger partial charge in [0.25, 0.3) is 0 Å². The third-order valence-electron chi connectivity index (χ3n) is 4.21. The molecule has 1 amide bonds. The highest BCUT2D eigenvalue weighted by molar-refractivity contribution is 5.76. The van der Waals surface area contributed by atoms with Crippen molar-refractivity contribution in [1.29, 1.82) is 0 Å². The fourth-order valence-corrected chi connectivity index (χ4v) is 3.01. The molecule has 2 heterocycles. The molecule has 2 aromatic rings. The summed E-state index contributed by atoms with van der Waals surface area (Å²) in [6.07, 6.45) is 1.05. The Morgan fingerprint density at radius 2 is 1.96 bits per heavy atom. The quantitative estimate of drug-likeness (QED) is 0.864. The van der Waals surface area contributed by atoms with Crippen LogP contribution in [0.2, 0.25) is 0 Å². The highest BCUT2D eigenvalue weighted by Crippen LogP contribution is 2.34. The molecule has 8 heteroatoms. The predicted octanol–water partition coefficient (Wildman–Crippen LogP) is 3.05. The molecule has 0 aliphatic carbocycles. The van der Waals surface area contributed by atoms with Crippen molar-refractivity contribution in [2.24, 2.45) is 0 Å². The number of likely N-dealkylation sites (tertiary alicyclic amines) is 1. The Hall–Kier alpha value is -2.38. The Bertz CT molecular complexity index is 682. The number of carbonyl (C=O) groups is 1. The van der Waals surface area contributed by atoms with Crippen LogP contribution in [-0.2, 0) is 17.5 Å². The second-order valence-electron chi connectivity index (χ2n) is 5.81. The minimum atomic E-state index is -4.35. The van der Waals surface area contributed by atoms with Gasteiger partial charge in [-0.05, 0) is 37.0 Å². The third kappa shape index (κ3) is 3.58. The maximum Gasteiger partial charge on any atom is 0.416 e. The Balaban J connectivity index is 1.78. The second-order valence-corrected chi connectivity index (χ2v) is 5.81. The zero-order chi connectivity index (χ0) is 17.2. The van der Waals surface area contributed by atoms with E-state index in [4.69, 9.17) is 0 Å². The molecule has 3 rings (SSSR count). The first-order valence-corrected chi connectivity index (χ1v) is 7.74. The van der Waals surface area contributed by atoms with E-state index >= 15 is 0 Å². The lowest BCUT2D eigenvalue weighted by Crippen LogP contribution is -2.40. The van der Waals surface area contributed by atoms with Gasteiger partial charge in [0.05, 0.1) is 11.6 Å². The number of piperidine rings is 1. The van der Waals surface area contributed by atoms with Gasteiger partial charge in [-0.25, -0.2) is 9.67 Å². The van der Waals surface area contributed by atoms with Crippen LogP contribution in [0.15, 0.2) is 36.9 Å². The van der Waals surface area contributed by atoms with Crippen LogP contribution in [0, 0.1) is 0 Å². The molecule has 1 aromatic carbocycles. The summed E-state index contributed by atoms with van der Waals surface area (Å²) in [4.78, 5) is 18.1. The Morgan fingerprint density at radius 3 is 2.58 bits per heavy atom. The molecule has 128 valence electrons. The Labute approximate surface area is 137 Å². The van der Waals surface area contributed by atoms with Gasteiger partial charge in [0.1, 0.15) is 19.2 Å². The molecule has 5 nitrogen and oxygen atoms in total. The fraction of sp³-hybridized carbons (Fsp3) is 0.438. The topological polar surface area (TPSA) is 51.0 Å². The lowest BCUT2D eigenvalue weighted by molar-refractivity contribution is -0.138. The van der Waals surface area contributed by atoms with E-state index in [0.29, 0.717) is 6.54 Å². The number of aromatic nitrogens is 3. The zero-order valence-corrected chi connectivity index (χ0v) is 12.9. The van der Waals surface area contributed by atoms with Crippen molar-refractivity contribution >= 4 is 5.91 Å². The molecule has 0 unspecified atom stereocenters. The smallest absolute Gasteiger partial charge is 0.334 e. The summed E-state index contributed by atoms with van der Waals surface area (Å²) in [5.41, 5.74) is 0.0530. The van der Waals surface area contributed by atoms with Crippen molar-refractivity contribution in [3.05, 3.63) is 48.0 Å². The van der Waals surface area contributed by atoms with Gasteiger partial charge >= 0.3 is 6.18 Å². The number of amides is 1. The van der Waals surface area contributed by atoms with Gasteiger partial charge in [0.15, 0.2) is 0 Å². The standard InChI is InChI=1S/C16H17F3N4O/c17-16(18,19)13-6-4-12(5-7-13)14-3-1-2-8-23(14)15(24)9-22-11-20-10-21-22/h4-7,10-11,14H,1-3,8-9H2/t14-/m1/s1. The number of hydrogen-bond donors (Lipinski definition) is 0. The van der Waals surface area contributed by atoms with Gasteiger partial charge in [-0.2, -0.15) is 18.3 Å². The van der Waals surface area contributed by atoms with Crippen LogP contribution in [0.4, 0.5) is 13.2 Å². The molecular formula is C16H17F3N4O. The van der Waals surface area contributed by atoms with Gasteiger partial charge in [-0.3, -0.25) is 4.79 Å². The van der Waals surface area contributed by atoms with Gasteiger partial charge in [-0.1, -0.05) is 12.1 Å². The van der Waals surface area contributed by atoms with Crippen LogP contribution in [0.1, 0.15) is 36.4 Å². The second kappa shape index (κ2) is 6.62. The predicted molar refractivity (Wildman–Crippen MR) is 79.8 cm³/mol. The number of alkyl halides is 3. The lowest BCUT2D eigenvalue weighted by Gasteiger charge is -2.36. The van der Waals surface area contributed by atoms with E-state index in [1.54, 1.807) is 4.90 Å². The first-order chi connectivity index (χ1) is 11.4. The Morgan fingerprint density at radius 1 is 1.21 bits per heavy atom. The van der Waals surface area contributed by atoms with Crippen molar-refractivity contribution < 1.29 is 18.0 Å². The molecule has 24 heavy (non-hydrogen) atoms. The average Bonchev–Trinajstić information content (AvgIpc) is 3.07. The van der Waals surface area contributed by atoms with Crippen LogP contribution >= 0.6 is 0 Å². The monoisotopic (exact) mass is 338 g/mol. The van der Waals surface area contributed by atoms with Crippen LogP contribution in [0.3, 0.4) is 0 Å². The van der Waals surface area contributed by atoms with E-state index in [9.17, 15) is 18.0 Å². The molecule has 1 aliphatic heterocycles. The van der Waals surface area contributed by atoms with Crippen molar-refractivity contribution in [1.82, 2.24) is 19.7 Å². The van der Waals surface area contributed by atoms with Gasteiger partial charge < -0.3 is 4.90 Å². The summed E-state index contributed by atoms with van der Waals surface area (Å²) < 4.78 is 39.5. The molecular weight excluding hydrogens is 321 g/mol. The molecule has 1 aliphatic rings. The maximum absolute atomic E-state index is 12.7. The minimum absolute atomic E-state index is 0.0805. The van der Waals surface area contributed by atoms with Crippen LogP contribution in [0.5, 0.6) is 0 Å². The molecule has 0 bridgehead atoms. The van der Waals surface area contributed by atoms with Crippen molar-refractivity contribution in [3.8, 4) is 0 Å². The molecule has 0 saturated carbocycles. The van der Waals surface area contributed by atoms with E-state index in [2.05, 4.69) is 10.1 Å². The van der Waals surface area contributed by atoms with E-state index in [1.807, 2.05) is 0 Å². The van der Waals surface area contributed by atoms with E-state index in [-0.39, 0.29) is 18.5 Å². The van der Waals surface area contributed by atoms with Gasteiger partial charge in [0, 0.05) is 6.54 Å². The summed E-state index contributed by atoms with van der Waals surface area (Å²) in [6, 6.07) is 4.88. The number of carbonyl (C=O) groups excluding carboxylic acids is 1. The lowest BCUT2D eigenvalue weighted by atomic mass is 9.94. The minimum Gasteiger partial charge on any atom is -0.334 e.